The van der Waals surface area contributed by atoms with Crippen LogP contribution in [-0.4, -0.2) is 30.6 Å². The number of nitrogens with one attached hydrogen (secondary N) is 2. The summed E-state index contributed by atoms with van der Waals surface area (Å²) in [7, 11) is 0. The molecule has 2 amide bonds. The second kappa shape index (κ2) is 10.6. The van der Waals surface area contributed by atoms with Crippen LogP contribution in [0.15, 0.2) is 24.3 Å². The second-order valence-corrected chi connectivity index (χ2v) is 7.68. The fourth-order valence-corrected chi connectivity index (χ4v) is 2.51. The largest absolute Gasteiger partial charge is 0.375 e. The molecule has 0 aromatic heterocycles. The minimum absolute atomic E-state index is 0.0545. The normalized spacial score (nSPS) is 11.4. The Hall–Kier alpha value is -1.40. The maximum atomic E-state index is 12.0. The summed E-state index contributed by atoms with van der Waals surface area (Å²) < 4.78 is 5.77. The Morgan fingerprint density at radius 1 is 1.16 bits per heavy atom. The first-order valence-corrected chi connectivity index (χ1v) is 9.69. The first-order valence-electron chi connectivity index (χ1n) is 8.57. The molecule has 0 aliphatic carbocycles. The number of anilines is 1. The molecule has 0 spiro atoms. The predicted molar refractivity (Wildman–Crippen MR) is 105 cm³/mol. The van der Waals surface area contributed by atoms with E-state index in [0.29, 0.717) is 18.2 Å². The highest BCUT2D eigenvalue weighted by molar-refractivity contribution is 9.08. The molecule has 0 fully saturated rings. The van der Waals surface area contributed by atoms with Crippen LogP contribution in [0.1, 0.15) is 46.1 Å². The molecule has 0 aliphatic rings. The third-order valence-corrected chi connectivity index (χ3v) is 4.26. The molecule has 0 aliphatic heterocycles. The van der Waals surface area contributed by atoms with Crippen LogP contribution in [0.4, 0.5) is 5.69 Å². The molecule has 0 saturated carbocycles. The summed E-state index contributed by atoms with van der Waals surface area (Å²) in [4.78, 5) is 23.9. The fourth-order valence-electron chi connectivity index (χ4n) is 2.13. The SMILES string of the molecule is CC(C)CCOC(C)(C)CC(=O)NCC(=O)Nc1ccc(CBr)cc1. The summed E-state index contributed by atoms with van der Waals surface area (Å²) >= 11 is 3.37. The van der Waals surface area contributed by atoms with Gasteiger partial charge in [0.05, 0.1) is 18.6 Å². The lowest BCUT2D eigenvalue weighted by molar-refractivity contribution is -0.129. The molecule has 140 valence electrons. The summed E-state index contributed by atoms with van der Waals surface area (Å²) in [5.41, 5.74) is 1.30. The van der Waals surface area contributed by atoms with E-state index in [9.17, 15) is 9.59 Å². The summed E-state index contributed by atoms with van der Waals surface area (Å²) in [5, 5.41) is 6.17. The van der Waals surface area contributed by atoms with Crippen LogP contribution in [0.5, 0.6) is 0 Å². The van der Waals surface area contributed by atoms with Crippen molar-refractivity contribution in [2.45, 2.75) is 51.5 Å². The minimum atomic E-state index is -0.541. The van der Waals surface area contributed by atoms with Crippen molar-refractivity contribution >= 4 is 33.4 Å². The van der Waals surface area contributed by atoms with Crippen LogP contribution < -0.4 is 10.6 Å². The lowest BCUT2D eigenvalue weighted by Crippen LogP contribution is -2.38. The van der Waals surface area contributed by atoms with Gasteiger partial charge in [0.2, 0.25) is 11.8 Å². The molecule has 2 N–H and O–H groups in total. The van der Waals surface area contributed by atoms with Crippen molar-refractivity contribution in [1.82, 2.24) is 5.32 Å². The van der Waals surface area contributed by atoms with E-state index in [0.717, 1.165) is 17.3 Å². The Balaban J connectivity index is 2.33. The molecule has 1 aromatic rings. The first kappa shape index (κ1) is 21.6. The zero-order valence-corrected chi connectivity index (χ0v) is 17.1. The Morgan fingerprint density at radius 2 is 1.80 bits per heavy atom. The zero-order valence-electron chi connectivity index (χ0n) is 15.5. The molecule has 1 aromatic carbocycles. The average Bonchev–Trinajstić information content (AvgIpc) is 2.52. The molecule has 1 rings (SSSR count). The number of hydrogen-bond donors (Lipinski definition) is 2. The molecule has 0 saturated heterocycles. The van der Waals surface area contributed by atoms with Gasteiger partial charge in [-0.2, -0.15) is 0 Å². The van der Waals surface area contributed by atoms with Crippen molar-refractivity contribution < 1.29 is 14.3 Å². The third-order valence-electron chi connectivity index (χ3n) is 3.61. The predicted octanol–water partition coefficient (Wildman–Crippen LogP) is 3.87. The summed E-state index contributed by atoms with van der Waals surface area (Å²) in [6.07, 6.45) is 1.18. The standard InChI is InChI=1S/C19H29BrN2O3/c1-14(2)9-10-25-19(3,4)11-17(23)21-13-18(24)22-16-7-5-15(12-20)6-8-16/h5-8,14H,9-13H2,1-4H3,(H,21,23)(H,22,24). The van der Waals surface area contributed by atoms with E-state index in [4.69, 9.17) is 4.74 Å². The van der Waals surface area contributed by atoms with Gasteiger partial charge in [0.15, 0.2) is 0 Å². The van der Waals surface area contributed by atoms with E-state index < -0.39 is 5.60 Å². The lowest BCUT2D eigenvalue weighted by atomic mass is 10.0. The summed E-state index contributed by atoms with van der Waals surface area (Å²) in [5.74, 6) is 0.120. The van der Waals surface area contributed by atoms with Gasteiger partial charge in [0.25, 0.3) is 0 Å². The third kappa shape index (κ3) is 9.60. The molecule has 5 nitrogen and oxygen atoms in total. The molecular formula is C19H29BrN2O3. The summed E-state index contributed by atoms with van der Waals surface area (Å²) in [6, 6.07) is 7.53. The van der Waals surface area contributed by atoms with E-state index in [-0.39, 0.29) is 24.8 Å². The van der Waals surface area contributed by atoms with Crippen molar-refractivity contribution in [2.24, 2.45) is 5.92 Å². The maximum absolute atomic E-state index is 12.0. The number of amides is 2. The van der Waals surface area contributed by atoms with E-state index in [2.05, 4.69) is 40.4 Å². The van der Waals surface area contributed by atoms with Gasteiger partial charge in [-0.05, 0) is 43.9 Å². The highest BCUT2D eigenvalue weighted by Crippen LogP contribution is 2.16. The molecule has 0 bridgehead atoms. The molecule has 25 heavy (non-hydrogen) atoms. The van der Waals surface area contributed by atoms with E-state index >= 15 is 0 Å². The molecule has 0 radical (unpaired) electrons. The molecule has 0 atom stereocenters. The number of hydrogen-bond acceptors (Lipinski definition) is 3. The van der Waals surface area contributed by atoms with Gasteiger partial charge in [-0.3, -0.25) is 9.59 Å². The molecule has 0 unspecified atom stereocenters. The van der Waals surface area contributed by atoms with E-state index in [1.54, 1.807) is 0 Å². The van der Waals surface area contributed by atoms with Crippen LogP contribution in [0.2, 0.25) is 0 Å². The Kier molecular flexibility index (Phi) is 9.14. The van der Waals surface area contributed by atoms with Crippen LogP contribution in [0.25, 0.3) is 0 Å². The topological polar surface area (TPSA) is 67.4 Å². The zero-order chi connectivity index (χ0) is 18.9. The van der Waals surface area contributed by atoms with Crippen LogP contribution in [0.3, 0.4) is 0 Å². The Morgan fingerprint density at radius 3 is 2.36 bits per heavy atom. The van der Waals surface area contributed by atoms with Gasteiger partial charge in [0.1, 0.15) is 0 Å². The highest BCUT2D eigenvalue weighted by Gasteiger charge is 2.23. The van der Waals surface area contributed by atoms with Crippen molar-refractivity contribution in [3.63, 3.8) is 0 Å². The van der Waals surface area contributed by atoms with Crippen molar-refractivity contribution in [1.29, 1.82) is 0 Å². The number of carbonyl (C=O) groups is 2. The number of rotatable bonds is 10. The van der Waals surface area contributed by atoms with E-state index in [1.165, 1.54) is 0 Å². The molecule has 0 heterocycles. The van der Waals surface area contributed by atoms with Crippen LogP contribution in [0, 0.1) is 5.92 Å². The number of alkyl halides is 1. The molecule has 6 heteroatoms. The van der Waals surface area contributed by atoms with Gasteiger partial charge in [-0.1, -0.05) is 41.9 Å². The minimum Gasteiger partial charge on any atom is -0.375 e. The van der Waals surface area contributed by atoms with Gasteiger partial charge in [0, 0.05) is 17.6 Å². The van der Waals surface area contributed by atoms with Gasteiger partial charge < -0.3 is 15.4 Å². The Bertz CT molecular complexity index is 556. The Labute approximate surface area is 159 Å². The quantitative estimate of drug-likeness (QED) is 0.573. The number of halogens is 1. The smallest absolute Gasteiger partial charge is 0.243 e. The van der Waals surface area contributed by atoms with Crippen molar-refractivity contribution in [3.8, 4) is 0 Å². The second-order valence-electron chi connectivity index (χ2n) is 7.12. The molecular weight excluding hydrogens is 384 g/mol. The highest BCUT2D eigenvalue weighted by atomic mass is 79.9. The van der Waals surface area contributed by atoms with Gasteiger partial charge in [-0.15, -0.1) is 0 Å². The van der Waals surface area contributed by atoms with Crippen molar-refractivity contribution in [3.05, 3.63) is 29.8 Å². The monoisotopic (exact) mass is 412 g/mol. The van der Waals surface area contributed by atoms with Gasteiger partial charge in [-0.25, -0.2) is 0 Å². The summed E-state index contributed by atoms with van der Waals surface area (Å²) in [6.45, 7) is 8.62. The van der Waals surface area contributed by atoms with E-state index in [1.807, 2.05) is 38.1 Å². The number of carbonyl (C=O) groups excluding carboxylic acids is 2. The van der Waals surface area contributed by atoms with Crippen LogP contribution >= 0.6 is 15.9 Å². The first-order chi connectivity index (χ1) is 11.7. The maximum Gasteiger partial charge on any atom is 0.243 e. The number of benzene rings is 1. The van der Waals surface area contributed by atoms with Gasteiger partial charge >= 0.3 is 0 Å². The fraction of sp³-hybridized carbons (Fsp3) is 0.579. The number of ether oxygens (including phenoxy) is 1. The van der Waals surface area contributed by atoms with Crippen LogP contribution in [-0.2, 0) is 19.7 Å². The van der Waals surface area contributed by atoms with Crippen molar-refractivity contribution in [2.75, 3.05) is 18.5 Å². The lowest BCUT2D eigenvalue weighted by Gasteiger charge is -2.25. The average molecular weight is 413 g/mol.